The second-order valence-corrected chi connectivity index (χ2v) is 6.85. The average molecular weight is 283 g/mol. The summed E-state index contributed by atoms with van der Waals surface area (Å²) in [5, 5.41) is 0. The highest BCUT2D eigenvalue weighted by Crippen LogP contribution is 2.11. The Morgan fingerprint density at radius 2 is 2.00 bits per heavy atom. The summed E-state index contributed by atoms with van der Waals surface area (Å²) in [5.41, 5.74) is 0. The number of halogens is 1. The van der Waals surface area contributed by atoms with E-state index in [1.165, 1.54) is 0 Å². The molecular weight excluding hydrogens is 260 g/mol. The lowest BCUT2D eigenvalue weighted by Crippen LogP contribution is -2.45. The monoisotopic (exact) mass is 282 g/mol. The number of hydrogen-bond donors (Lipinski definition) is 1. The fraction of sp³-hybridized carbons (Fsp3) is 1.00. The minimum absolute atomic E-state index is 0.114. The van der Waals surface area contributed by atoms with Crippen LogP contribution in [-0.2, 0) is 10.0 Å². The molecule has 0 atom stereocenters. The Balaban J connectivity index is 2.30. The summed E-state index contributed by atoms with van der Waals surface area (Å²) in [6, 6.07) is 0.114. The van der Waals surface area contributed by atoms with Crippen LogP contribution in [0, 0.1) is 0 Å². The first kappa shape index (κ1) is 15.2. The molecule has 1 aliphatic heterocycles. The van der Waals surface area contributed by atoms with E-state index in [4.69, 9.17) is 11.6 Å². The quantitative estimate of drug-likeness (QED) is 0.719. The predicted octanol–water partition coefficient (Wildman–Crippen LogP) is 1.41. The van der Waals surface area contributed by atoms with Gasteiger partial charge in [-0.25, -0.2) is 13.1 Å². The maximum atomic E-state index is 11.7. The van der Waals surface area contributed by atoms with Crippen LogP contribution in [0.4, 0.5) is 0 Å². The Kier molecular flexibility index (Phi) is 6.77. The first-order valence-corrected chi connectivity index (χ1v) is 8.54. The van der Waals surface area contributed by atoms with E-state index in [2.05, 4.69) is 16.5 Å². The second kappa shape index (κ2) is 7.56. The molecule has 1 heterocycles. The number of piperidine rings is 1. The van der Waals surface area contributed by atoms with Crippen molar-refractivity contribution in [3.05, 3.63) is 0 Å². The van der Waals surface area contributed by atoms with E-state index in [1.807, 2.05) is 0 Å². The maximum Gasteiger partial charge on any atom is 0.211 e. The van der Waals surface area contributed by atoms with E-state index in [0.717, 1.165) is 38.9 Å². The van der Waals surface area contributed by atoms with E-state index in [0.29, 0.717) is 12.3 Å². The Labute approximate surface area is 110 Å². The molecule has 0 amide bonds. The third-order valence-electron chi connectivity index (χ3n) is 3.02. The standard InChI is InChI=1S/C11H23ClN2O2S/c1-2-7-14-8-4-11(5-9-14)13-17(15,16)10-3-6-12/h11,13H,2-10H2,1H3. The minimum Gasteiger partial charge on any atom is -0.303 e. The van der Waals surface area contributed by atoms with Crippen molar-refractivity contribution in [1.29, 1.82) is 0 Å². The van der Waals surface area contributed by atoms with Gasteiger partial charge >= 0.3 is 0 Å². The normalized spacial score (nSPS) is 19.6. The summed E-state index contributed by atoms with van der Waals surface area (Å²) < 4.78 is 26.1. The van der Waals surface area contributed by atoms with Gasteiger partial charge in [-0.1, -0.05) is 6.92 Å². The Morgan fingerprint density at radius 1 is 1.35 bits per heavy atom. The number of nitrogens with one attached hydrogen (secondary N) is 1. The molecule has 0 aromatic heterocycles. The molecule has 1 rings (SSSR count). The first-order chi connectivity index (χ1) is 8.07. The predicted molar refractivity (Wildman–Crippen MR) is 72.0 cm³/mol. The number of hydrogen-bond acceptors (Lipinski definition) is 3. The summed E-state index contributed by atoms with van der Waals surface area (Å²) >= 11 is 5.51. The van der Waals surface area contributed by atoms with Crippen molar-refractivity contribution in [3.8, 4) is 0 Å². The lowest BCUT2D eigenvalue weighted by Gasteiger charge is -2.31. The van der Waals surface area contributed by atoms with Crippen LogP contribution in [0.5, 0.6) is 0 Å². The van der Waals surface area contributed by atoms with Crippen LogP contribution < -0.4 is 4.72 Å². The fourth-order valence-electron chi connectivity index (χ4n) is 2.15. The highest BCUT2D eigenvalue weighted by atomic mass is 35.5. The lowest BCUT2D eigenvalue weighted by atomic mass is 10.1. The molecule has 0 saturated carbocycles. The highest BCUT2D eigenvalue weighted by molar-refractivity contribution is 7.89. The first-order valence-electron chi connectivity index (χ1n) is 6.35. The summed E-state index contributed by atoms with van der Waals surface area (Å²) in [6.07, 6.45) is 3.51. The number of nitrogens with zero attached hydrogens (tertiary/aromatic N) is 1. The number of likely N-dealkylation sites (tertiary alicyclic amines) is 1. The molecule has 0 aromatic rings. The van der Waals surface area contributed by atoms with Gasteiger partial charge in [-0.15, -0.1) is 11.6 Å². The molecule has 0 radical (unpaired) electrons. The van der Waals surface area contributed by atoms with E-state index in [9.17, 15) is 8.42 Å². The zero-order chi connectivity index (χ0) is 12.7. The van der Waals surface area contributed by atoms with Gasteiger partial charge in [0, 0.05) is 11.9 Å². The van der Waals surface area contributed by atoms with Gasteiger partial charge in [-0.3, -0.25) is 0 Å². The van der Waals surface area contributed by atoms with Crippen LogP contribution in [0.1, 0.15) is 32.6 Å². The van der Waals surface area contributed by atoms with Crippen LogP contribution in [0.15, 0.2) is 0 Å². The number of sulfonamides is 1. The Morgan fingerprint density at radius 3 is 2.53 bits per heavy atom. The molecule has 1 N–H and O–H groups in total. The van der Waals surface area contributed by atoms with Crippen molar-refractivity contribution >= 4 is 21.6 Å². The highest BCUT2D eigenvalue weighted by Gasteiger charge is 2.22. The van der Waals surface area contributed by atoms with Crippen LogP contribution in [-0.4, -0.2) is 50.6 Å². The molecule has 1 fully saturated rings. The molecule has 4 nitrogen and oxygen atoms in total. The van der Waals surface area contributed by atoms with Gasteiger partial charge in [-0.2, -0.15) is 0 Å². The van der Waals surface area contributed by atoms with Crippen molar-refractivity contribution in [2.75, 3.05) is 31.3 Å². The molecule has 1 aliphatic rings. The van der Waals surface area contributed by atoms with Crippen LogP contribution in [0.3, 0.4) is 0 Å². The van der Waals surface area contributed by atoms with Crippen molar-refractivity contribution in [2.45, 2.75) is 38.6 Å². The molecule has 0 aromatic carbocycles. The van der Waals surface area contributed by atoms with Crippen molar-refractivity contribution in [3.63, 3.8) is 0 Å². The average Bonchev–Trinajstić information content (AvgIpc) is 2.29. The zero-order valence-electron chi connectivity index (χ0n) is 10.5. The van der Waals surface area contributed by atoms with Gasteiger partial charge < -0.3 is 4.90 Å². The maximum absolute atomic E-state index is 11.7. The number of alkyl halides is 1. The molecule has 0 aliphatic carbocycles. The largest absolute Gasteiger partial charge is 0.303 e. The second-order valence-electron chi connectivity index (χ2n) is 4.60. The van der Waals surface area contributed by atoms with E-state index in [1.54, 1.807) is 0 Å². The Hall–Kier alpha value is 0.160. The fourth-order valence-corrected chi connectivity index (χ4v) is 3.83. The van der Waals surface area contributed by atoms with Gasteiger partial charge in [0.15, 0.2) is 0 Å². The molecule has 17 heavy (non-hydrogen) atoms. The third kappa shape index (κ3) is 6.04. The van der Waals surface area contributed by atoms with Gasteiger partial charge in [-0.05, 0) is 45.3 Å². The van der Waals surface area contributed by atoms with Crippen molar-refractivity contribution in [2.24, 2.45) is 0 Å². The van der Waals surface area contributed by atoms with Gasteiger partial charge in [0.25, 0.3) is 0 Å². The summed E-state index contributed by atoms with van der Waals surface area (Å²) in [4.78, 5) is 2.39. The number of rotatable bonds is 7. The van der Waals surface area contributed by atoms with Crippen molar-refractivity contribution < 1.29 is 8.42 Å². The van der Waals surface area contributed by atoms with Crippen molar-refractivity contribution in [1.82, 2.24) is 9.62 Å². The lowest BCUT2D eigenvalue weighted by molar-refractivity contribution is 0.208. The summed E-state index contributed by atoms with van der Waals surface area (Å²) in [6.45, 7) is 5.28. The smallest absolute Gasteiger partial charge is 0.211 e. The molecule has 1 saturated heterocycles. The van der Waals surface area contributed by atoms with Gasteiger partial charge in [0.2, 0.25) is 10.0 Å². The third-order valence-corrected chi connectivity index (χ3v) is 4.81. The topological polar surface area (TPSA) is 49.4 Å². The SMILES string of the molecule is CCCN1CCC(NS(=O)(=O)CCCCl)CC1. The van der Waals surface area contributed by atoms with E-state index in [-0.39, 0.29) is 11.8 Å². The van der Waals surface area contributed by atoms with Crippen LogP contribution in [0.2, 0.25) is 0 Å². The molecule has 6 heteroatoms. The summed E-state index contributed by atoms with van der Waals surface area (Å²) in [5.74, 6) is 0.543. The van der Waals surface area contributed by atoms with Crippen LogP contribution >= 0.6 is 11.6 Å². The van der Waals surface area contributed by atoms with E-state index >= 15 is 0 Å². The molecule has 0 spiro atoms. The summed E-state index contributed by atoms with van der Waals surface area (Å²) in [7, 11) is -3.13. The Bertz CT molecular complexity index is 301. The van der Waals surface area contributed by atoms with E-state index < -0.39 is 10.0 Å². The minimum atomic E-state index is -3.13. The molecule has 0 unspecified atom stereocenters. The molecule has 0 bridgehead atoms. The van der Waals surface area contributed by atoms with Crippen LogP contribution in [0.25, 0.3) is 0 Å². The van der Waals surface area contributed by atoms with Gasteiger partial charge in [0.05, 0.1) is 5.75 Å². The molecular formula is C11H23ClN2O2S. The van der Waals surface area contributed by atoms with Gasteiger partial charge in [0.1, 0.15) is 0 Å². The zero-order valence-corrected chi connectivity index (χ0v) is 12.1. The molecule has 102 valence electrons.